The molecule has 1 fully saturated rings. The molecule has 0 radical (unpaired) electrons. The van der Waals surface area contributed by atoms with Crippen LogP contribution in [0.4, 0.5) is 5.69 Å². The number of amides is 1. The van der Waals surface area contributed by atoms with Gasteiger partial charge in [0.2, 0.25) is 5.91 Å². The third-order valence-electron chi connectivity index (χ3n) is 5.59. The molecule has 1 aliphatic heterocycles. The van der Waals surface area contributed by atoms with Gasteiger partial charge in [-0.3, -0.25) is 18.8 Å². The molecule has 1 saturated heterocycles. The van der Waals surface area contributed by atoms with Crippen molar-refractivity contribution in [3.05, 3.63) is 64.6 Å². The molecule has 1 aromatic heterocycles. The predicted molar refractivity (Wildman–Crippen MR) is 118 cm³/mol. The van der Waals surface area contributed by atoms with E-state index in [1.165, 1.54) is 0 Å². The maximum Gasteiger partial charge on any atom is 0.329 e. The van der Waals surface area contributed by atoms with Gasteiger partial charge in [-0.1, -0.05) is 30.3 Å². The molecule has 3 aromatic rings. The first kappa shape index (κ1) is 20.4. The second kappa shape index (κ2) is 9.28. The first-order valence-corrected chi connectivity index (χ1v) is 10.5. The Morgan fingerprint density at radius 2 is 1.67 bits per heavy atom. The summed E-state index contributed by atoms with van der Waals surface area (Å²) in [6, 6.07) is 15.6. The highest BCUT2D eigenvalue weighted by Crippen LogP contribution is 2.19. The number of fused-ring (bicyclic) bond motifs is 1. The van der Waals surface area contributed by atoms with Gasteiger partial charge in [0, 0.05) is 44.8 Å². The molecule has 0 atom stereocenters. The Hall–Kier alpha value is -2.90. The molecule has 7 heteroatoms. The average molecular weight is 409 g/mol. The van der Waals surface area contributed by atoms with Crippen LogP contribution in [-0.2, 0) is 29.2 Å². The summed E-state index contributed by atoms with van der Waals surface area (Å²) in [6.45, 7) is 6.97. The number of nitrogens with one attached hydrogen (secondary N) is 1. The van der Waals surface area contributed by atoms with Crippen molar-refractivity contribution in [2.45, 2.75) is 33.0 Å². The van der Waals surface area contributed by atoms with Crippen molar-refractivity contribution in [3.63, 3.8) is 0 Å². The average Bonchev–Trinajstić information content (AvgIpc) is 3.05. The molecule has 0 aliphatic carbocycles. The SMILES string of the molecule is CCn1c(=O)n(CCC(=O)Nc2ccccc2CN2CCOCC2)c2ccccc21. The molecular weight excluding hydrogens is 380 g/mol. The molecule has 1 aliphatic rings. The number of nitrogens with zero attached hydrogens (tertiary/aromatic N) is 3. The topological polar surface area (TPSA) is 68.5 Å². The van der Waals surface area contributed by atoms with Gasteiger partial charge in [-0.25, -0.2) is 4.79 Å². The van der Waals surface area contributed by atoms with Crippen LogP contribution in [0.15, 0.2) is 53.3 Å². The van der Waals surface area contributed by atoms with E-state index in [-0.39, 0.29) is 18.0 Å². The Kier molecular flexibility index (Phi) is 6.30. The second-order valence-electron chi connectivity index (χ2n) is 7.51. The number of imidazole rings is 1. The van der Waals surface area contributed by atoms with E-state index in [9.17, 15) is 9.59 Å². The molecule has 4 rings (SSSR count). The van der Waals surface area contributed by atoms with Crippen molar-refractivity contribution in [3.8, 4) is 0 Å². The third-order valence-corrected chi connectivity index (χ3v) is 5.59. The Bertz CT molecular complexity index is 1080. The van der Waals surface area contributed by atoms with E-state index < -0.39 is 0 Å². The first-order chi connectivity index (χ1) is 14.7. The van der Waals surface area contributed by atoms with Gasteiger partial charge < -0.3 is 10.1 Å². The number of aryl methyl sites for hydroxylation is 2. The van der Waals surface area contributed by atoms with E-state index in [4.69, 9.17) is 4.74 Å². The molecule has 2 aromatic carbocycles. The highest BCUT2D eigenvalue weighted by molar-refractivity contribution is 5.91. The molecule has 1 amide bonds. The van der Waals surface area contributed by atoms with Gasteiger partial charge in [0.25, 0.3) is 0 Å². The first-order valence-electron chi connectivity index (χ1n) is 10.5. The zero-order valence-electron chi connectivity index (χ0n) is 17.3. The fourth-order valence-electron chi connectivity index (χ4n) is 4.00. The van der Waals surface area contributed by atoms with Crippen molar-refractivity contribution in [2.24, 2.45) is 0 Å². The van der Waals surface area contributed by atoms with Crippen molar-refractivity contribution in [2.75, 3.05) is 31.6 Å². The summed E-state index contributed by atoms with van der Waals surface area (Å²) in [5, 5.41) is 3.04. The monoisotopic (exact) mass is 408 g/mol. The minimum Gasteiger partial charge on any atom is -0.379 e. The van der Waals surface area contributed by atoms with Crippen LogP contribution in [0.3, 0.4) is 0 Å². The molecule has 0 bridgehead atoms. The molecule has 2 heterocycles. The lowest BCUT2D eigenvalue weighted by Gasteiger charge is -2.27. The van der Waals surface area contributed by atoms with Gasteiger partial charge >= 0.3 is 5.69 Å². The molecule has 30 heavy (non-hydrogen) atoms. The quantitative estimate of drug-likeness (QED) is 0.653. The van der Waals surface area contributed by atoms with Crippen molar-refractivity contribution in [1.29, 1.82) is 0 Å². The van der Waals surface area contributed by atoms with Gasteiger partial charge in [0.1, 0.15) is 0 Å². The van der Waals surface area contributed by atoms with E-state index in [2.05, 4.69) is 10.2 Å². The summed E-state index contributed by atoms with van der Waals surface area (Å²) in [4.78, 5) is 27.8. The summed E-state index contributed by atoms with van der Waals surface area (Å²) in [5.74, 6) is -0.0929. The van der Waals surface area contributed by atoms with Gasteiger partial charge in [-0.05, 0) is 30.7 Å². The molecule has 0 saturated carbocycles. The minimum absolute atomic E-state index is 0.0702. The number of carbonyl (C=O) groups is 1. The molecule has 158 valence electrons. The second-order valence-corrected chi connectivity index (χ2v) is 7.51. The van der Waals surface area contributed by atoms with E-state index in [1.807, 2.05) is 55.5 Å². The Labute approximate surface area is 175 Å². The van der Waals surface area contributed by atoms with Crippen LogP contribution in [-0.4, -0.2) is 46.2 Å². The molecule has 0 unspecified atom stereocenters. The number of morpholine rings is 1. The zero-order chi connectivity index (χ0) is 20.9. The lowest BCUT2D eigenvalue weighted by Crippen LogP contribution is -2.35. The van der Waals surface area contributed by atoms with E-state index in [0.29, 0.717) is 13.1 Å². The number of hydrogen-bond acceptors (Lipinski definition) is 4. The van der Waals surface area contributed by atoms with Crippen LogP contribution < -0.4 is 11.0 Å². The lowest BCUT2D eigenvalue weighted by molar-refractivity contribution is -0.116. The van der Waals surface area contributed by atoms with Gasteiger partial charge in [-0.2, -0.15) is 0 Å². The summed E-state index contributed by atoms with van der Waals surface area (Å²) in [7, 11) is 0. The van der Waals surface area contributed by atoms with E-state index in [0.717, 1.165) is 55.1 Å². The Morgan fingerprint density at radius 3 is 2.40 bits per heavy atom. The summed E-state index contributed by atoms with van der Waals surface area (Å²) in [6.07, 6.45) is 0.240. The fraction of sp³-hybridized carbons (Fsp3) is 0.391. The Morgan fingerprint density at radius 1 is 1.00 bits per heavy atom. The minimum atomic E-state index is -0.0929. The van der Waals surface area contributed by atoms with Crippen LogP contribution in [0, 0.1) is 0 Å². The van der Waals surface area contributed by atoms with Crippen molar-refractivity contribution in [1.82, 2.24) is 14.0 Å². The molecule has 0 spiro atoms. The number of carbonyl (C=O) groups excluding carboxylic acids is 1. The van der Waals surface area contributed by atoms with Crippen molar-refractivity contribution >= 4 is 22.6 Å². The van der Waals surface area contributed by atoms with Crippen LogP contribution in [0.2, 0.25) is 0 Å². The number of benzene rings is 2. The largest absolute Gasteiger partial charge is 0.379 e. The summed E-state index contributed by atoms with van der Waals surface area (Å²) >= 11 is 0. The third kappa shape index (κ3) is 4.32. The highest BCUT2D eigenvalue weighted by atomic mass is 16.5. The van der Waals surface area contributed by atoms with Crippen LogP contribution in [0.25, 0.3) is 11.0 Å². The number of rotatable bonds is 7. The standard InChI is InChI=1S/C23H28N4O3/c1-2-26-20-9-5-6-10-21(20)27(23(26)29)12-11-22(28)24-19-8-4-3-7-18(19)17-25-13-15-30-16-14-25/h3-10H,2,11-17H2,1H3,(H,24,28). The number of hydrogen-bond donors (Lipinski definition) is 1. The predicted octanol–water partition coefficient (Wildman–Crippen LogP) is 2.68. The van der Waals surface area contributed by atoms with Gasteiger partial charge in [-0.15, -0.1) is 0 Å². The smallest absolute Gasteiger partial charge is 0.329 e. The fourth-order valence-corrected chi connectivity index (χ4v) is 4.00. The zero-order valence-corrected chi connectivity index (χ0v) is 17.3. The number of aromatic nitrogens is 2. The van der Waals surface area contributed by atoms with Crippen LogP contribution in [0.5, 0.6) is 0 Å². The molecule has 1 N–H and O–H groups in total. The summed E-state index contributed by atoms with van der Waals surface area (Å²) < 4.78 is 8.85. The van der Waals surface area contributed by atoms with Crippen LogP contribution >= 0.6 is 0 Å². The van der Waals surface area contributed by atoms with Crippen molar-refractivity contribution < 1.29 is 9.53 Å². The lowest BCUT2D eigenvalue weighted by atomic mass is 10.1. The number of para-hydroxylation sites is 3. The maximum absolute atomic E-state index is 12.7. The number of ether oxygens (including phenoxy) is 1. The van der Waals surface area contributed by atoms with Gasteiger partial charge in [0.15, 0.2) is 0 Å². The molecule has 7 nitrogen and oxygen atoms in total. The maximum atomic E-state index is 12.7. The Balaban J connectivity index is 1.45. The normalized spacial score (nSPS) is 14.8. The van der Waals surface area contributed by atoms with E-state index in [1.54, 1.807) is 9.13 Å². The van der Waals surface area contributed by atoms with Crippen LogP contribution in [0.1, 0.15) is 18.9 Å². The van der Waals surface area contributed by atoms with E-state index >= 15 is 0 Å². The highest BCUT2D eigenvalue weighted by Gasteiger charge is 2.15. The van der Waals surface area contributed by atoms with Gasteiger partial charge in [0.05, 0.1) is 24.2 Å². The number of anilines is 1. The summed E-state index contributed by atoms with van der Waals surface area (Å²) in [5.41, 5.74) is 3.62. The molecular formula is C23H28N4O3.